The van der Waals surface area contributed by atoms with Crippen molar-refractivity contribution in [3.8, 4) is 5.75 Å². The number of amides is 2. The van der Waals surface area contributed by atoms with E-state index in [-0.39, 0.29) is 18.2 Å². The van der Waals surface area contributed by atoms with Crippen molar-refractivity contribution in [2.45, 2.75) is 32.2 Å². The molecule has 0 aliphatic carbocycles. The quantitative estimate of drug-likeness (QED) is 0.643. The van der Waals surface area contributed by atoms with Gasteiger partial charge in [0.25, 0.3) is 0 Å². The van der Waals surface area contributed by atoms with E-state index < -0.39 is 11.9 Å². The van der Waals surface area contributed by atoms with Crippen LogP contribution in [0, 0.1) is 0 Å². The summed E-state index contributed by atoms with van der Waals surface area (Å²) < 4.78 is 0. The summed E-state index contributed by atoms with van der Waals surface area (Å²) in [6.07, 6.45) is 2.06. The molecule has 0 radical (unpaired) electrons. The molecule has 1 aromatic rings. The second kappa shape index (κ2) is 8.26. The normalized spacial score (nSPS) is 11.9. The first-order valence-corrected chi connectivity index (χ1v) is 7.04. The highest BCUT2D eigenvalue weighted by molar-refractivity contribution is 5.87. The van der Waals surface area contributed by atoms with E-state index in [9.17, 15) is 14.7 Å². The first kappa shape index (κ1) is 17.0. The lowest BCUT2D eigenvalue weighted by Gasteiger charge is -2.24. The maximum absolute atomic E-state index is 12.3. The molecule has 1 unspecified atom stereocenters. The number of phenolic OH excluding ortho intramolecular Hbond substituents is 1. The van der Waals surface area contributed by atoms with Gasteiger partial charge in [0.1, 0.15) is 5.75 Å². The molecule has 1 atom stereocenters. The van der Waals surface area contributed by atoms with Gasteiger partial charge in [-0.05, 0) is 30.5 Å². The fourth-order valence-electron chi connectivity index (χ4n) is 2.01. The van der Waals surface area contributed by atoms with Gasteiger partial charge >= 0.3 is 0 Å². The minimum atomic E-state index is -0.731. The van der Waals surface area contributed by atoms with Gasteiger partial charge < -0.3 is 21.5 Å². The smallest absolute Gasteiger partial charge is 0.240 e. The molecular formula is C15H23N3O3. The molecule has 116 valence electrons. The molecule has 0 fully saturated rings. The second-order valence-electron chi connectivity index (χ2n) is 5.06. The van der Waals surface area contributed by atoms with Crippen molar-refractivity contribution in [3.63, 3.8) is 0 Å². The number of aromatic hydroxyl groups is 1. The highest BCUT2D eigenvalue weighted by Gasteiger charge is 2.22. The standard InChI is InChI=1S/C15H23N3O3/c1-2-3-8-18(10-14(17)20)15(21)13(16)9-11-4-6-12(19)7-5-11/h4-7,13,19H,2-3,8-10,16H2,1H3,(H2,17,20). The molecule has 6 heteroatoms. The summed E-state index contributed by atoms with van der Waals surface area (Å²) in [7, 11) is 0. The molecule has 0 spiro atoms. The summed E-state index contributed by atoms with van der Waals surface area (Å²) >= 11 is 0. The fourth-order valence-corrected chi connectivity index (χ4v) is 2.01. The summed E-state index contributed by atoms with van der Waals surface area (Å²) in [6.45, 7) is 2.37. The Kier molecular flexibility index (Phi) is 6.68. The van der Waals surface area contributed by atoms with E-state index in [0.717, 1.165) is 18.4 Å². The Bertz CT molecular complexity index is 474. The van der Waals surface area contributed by atoms with Gasteiger partial charge in [0, 0.05) is 6.54 Å². The average molecular weight is 293 g/mol. The Labute approximate surface area is 124 Å². The Morgan fingerprint density at radius 3 is 2.43 bits per heavy atom. The summed E-state index contributed by atoms with van der Waals surface area (Å²) in [5.74, 6) is -0.663. The fraction of sp³-hybridized carbons (Fsp3) is 0.467. The minimum Gasteiger partial charge on any atom is -0.508 e. The molecule has 0 aromatic heterocycles. The Morgan fingerprint density at radius 2 is 1.90 bits per heavy atom. The van der Waals surface area contributed by atoms with Crippen molar-refractivity contribution in [2.75, 3.05) is 13.1 Å². The van der Waals surface area contributed by atoms with Crippen LogP contribution in [0.3, 0.4) is 0 Å². The zero-order valence-corrected chi connectivity index (χ0v) is 12.3. The molecule has 2 amide bonds. The van der Waals surface area contributed by atoms with E-state index in [1.54, 1.807) is 24.3 Å². The number of unbranched alkanes of at least 4 members (excludes halogenated alkanes) is 1. The van der Waals surface area contributed by atoms with Crippen LogP contribution in [0.25, 0.3) is 0 Å². The van der Waals surface area contributed by atoms with Crippen molar-refractivity contribution >= 4 is 11.8 Å². The van der Waals surface area contributed by atoms with Crippen LogP contribution in [0.5, 0.6) is 5.75 Å². The lowest BCUT2D eigenvalue weighted by molar-refractivity contribution is -0.136. The Balaban J connectivity index is 2.67. The van der Waals surface area contributed by atoms with Crippen LogP contribution in [-0.2, 0) is 16.0 Å². The number of primary amides is 1. The molecule has 5 N–H and O–H groups in total. The average Bonchev–Trinajstić information content (AvgIpc) is 2.44. The monoisotopic (exact) mass is 293 g/mol. The van der Waals surface area contributed by atoms with Crippen molar-refractivity contribution < 1.29 is 14.7 Å². The first-order chi connectivity index (χ1) is 9.93. The molecule has 1 rings (SSSR count). The highest BCUT2D eigenvalue weighted by Crippen LogP contribution is 2.11. The van der Waals surface area contributed by atoms with E-state index >= 15 is 0 Å². The van der Waals surface area contributed by atoms with Gasteiger partial charge in [-0.2, -0.15) is 0 Å². The van der Waals surface area contributed by atoms with Crippen molar-refractivity contribution in [1.29, 1.82) is 0 Å². The van der Waals surface area contributed by atoms with Crippen LogP contribution in [0.15, 0.2) is 24.3 Å². The molecular weight excluding hydrogens is 270 g/mol. The predicted octanol–water partition coefficient (Wildman–Crippen LogP) is 0.376. The minimum absolute atomic E-state index is 0.109. The number of carbonyl (C=O) groups is 2. The molecule has 0 bridgehead atoms. The van der Waals surface area contributed by atoms with Gasteiger partial charge in [0.05, 0.1) is 12.6 Å². The third kappa shape index (κ3) is 5.83. The second-order valence-corrected chi connectivity index (χ2v) is 5.06. The van der Waals surface area contributed by atoms with Gasteiger partial charge in [-0.15, -0.1) is 0 Å². The summed E-state index contributed by atoms with van der Waals surface area (Å²) in [5, 5.41) is 9.23. The molecule has 21 heavy (non-hydrogen) atoms. The largest absolute Gasteiger partial charge is 0.508 e. The van der Waals surface area contributed by atoms with Crippen molar-refractivity contribution in [2.24, 2.45) is 11.5 Å². The number of phenols is 1. The van der Waals surface area contributed by atoms with Gasteiger partial charge in [0.2, 0.25) is 11.8 Å². The van der Waals surface area contributed by atoms with Gasteiger partial charge in [0.15, 0.2) is 0 Å². The Morgan fingerprint density at radius 1 is 1.29 bits per heavy atom. The lowest BCUT2D eigenvalue weighted by Crippen LogP contribution is -2.48. The topological polar surface area (TPSA) is 110 Å². The number of rotatable bonds is 8. The van der Waals surface area contributed by atoms with Crippen LogP contribution >= 0.6 is 0 Å². The molecule has 0 saturated carbocycles. The van der Waals surface area contributed by atoms with E-state index in [4.69, 9.17) is 11.5 Å². The number of nitrogens with two attached hydrogens (primary N) is 2. The molecule has 0 heterocycles. The lowest BCUT2D eigenvalue weighted by atomic mass is 10.1. The summed E-state index contributed by atoms with van der Waals surface area (Å²) in [6, 6.07) is 5.79. The first-order valence-electron chi connectivity index (χ1n) is 7.04. The van der Waals surface area contributed by atoms with Gasteiger partial charge in [-0.1, -0.05) is 25.5 Å². The van der Waals surface area contributed by atoms with Crippen LogP contribution in [0.4, 0.5) is 0 Å². The van der Waals surface area contributed by atoms with E-state index in [1.807, 2.05) is 6.92 Å². The predicted molar refractivity (Wildman–Crippen MR) is 80.5 cm³/mol. The van der Waals surface area contributed by atoms with Crippen LogP contribution in [0.2, 0.25) is 0 Å². The molecule has 0 saturated heterocycles. The number of hydrogen-bond acceptors (Lipinski definition) is 4. The summed E-state index contributed by atoms with van der Waals surface area (Å²) in [5.41, 5.74) is 12.0. The zero-order chi connectivity index (χ0) is 15.8. The van der Waals surface area contributed by atoms with E-state index in [2.05, 4.69) is 0 Å². The van der Waals surface area contributed by atoms with E-state index in [0.29, 0.717) is 13.0 Å². The van der Waals surface area contributed by atoms with Gasteiger partial charge in [-0.3, -0.25) is 9.59 Å². The maximum Gasteiger partial charge on any atom is 0.240 e. The van der Waals surface area contributed by atoms with E-state index in [1.165, 1.54) is 4.90 Å². The highest BCUT2D eigenvalue weighted by atomic mass is 16.3. The molecule has 1 aromatic carbocycles. The van der Waals surface area contributed by atoms with Crippen LogP contribution in [0.1, 0.15) is 25.3 Å². The maximum atomic E-state index is 12.3. The van der Waals surface area contributed by atoms with Crippen LogP contribution in [-0.4, -0.2) is 41.0 Å². The number of benzene rings is 1. The van der Waals surface area contributed by atoms with Gasteiger partial charge in [-0.25, -0.2) is 0 Å². The zero-order valence-electron chi connectivity index (χ0n) is 12.3. The number of carbonyl (C=O) groups excluding carboxylic acids is 2. The summed E-state index contributed by atoms with van der Waals surface area (Å²) in [4.78, 5) is 24.8. The Hall–Kier alpha value is -2.08. The molecule has 0 aliphatic rings. The van der Waals surface area contributed by atoms with Crippen molar-refractivity contribution in [3.05, 3.63) is 29.8 Å². The SMILES string of the molecule is CCCCN(CC(N)=O)C(=O)C(N)Cc1ccc(O)cc1. The van der Waals surface area contributed by atoms with Crippen LogP contribution < -0.4 is 11.5 Å². The number of nitrogens with zero attached hydrogens (tertiary/aromatic N) is 1. The number of hydrogen-bond donors (Lipinski definition) is 3. The molecule has 6 nitrogen and oxygen atoms in total. The van der Waals surface area contributed by atoms with Crippen molar-refractivity contribution in [1.82, 2.24) is 4.90 Å². The third-order valence-corrected chi connectivity index (χ3v) is 3.15. The molecule has 0 aliphatic heterocycles. The third-order valence-electron chi connectivity index (χ3n) is 3.15.